The van der Waals surface area contributed by atoms with Gasteiger partial charge in [-0.25, -0.2) is 4.98 Å². The zero-order valence-electron chi connectivity index (χ0n) is 15.0. The summed E-state index contributed by atoms with van der Waals surface area (Å²) < 4.78 is 0. The molecule has 0 fully saturated rings. The number of halogens is 1. The maximum absolute atomic E-state index is 12.6. The summed E-state index contributed by atoms with van der Waals surface area (Å²) in [5, 5.41) is 7.07. The molecule has 1 N–H and O–H groups in total. The Balaban J connectivity index is 1.75. The van der Waals surface area contributed by atoms with Gasteiger partial charge in [0.25, 0.3) is 0 Å². The zero-order chi connectivity index (χ0) is 19.4. The van der Waals surface area contributed by atoms with E-state index >= 15 is 0 Å². The third-order valence-corrected chi connectivity index (χ3v) is 6.25. The molecule has 4 nitrogen and oxygen atoms in total. The molecule has 2 aromatic heterocycles. The van der Waals surface area contributed by atoms with Crippen LogP contribution in [0.5, 0.6) is 0 Å². The minimum atomic E-state index is -0.219. The zero-order valence-corrected chi connectivity index (χ0v) is 17.3. The van der Waals surface area contributed by atoms with Gasteiger partial charge in [0.15, 0.2) is 0 Å². The second kappa shape index (κ2) is 8.75. The number of aryl methyl sites for hydroxylation is 1. The number of thioether (sulfide) groups is 1. The molecule has 7 heteroatoms. The first-order chi connectivity index (χ1) is 13.0. The third-order valence-electron chi connectivity index (χ3n) is 4.04. The number of carbonyl (C=O) groups excluding carboxylic acids is 1. The summed E-state index contributed by atoms with van der Waals surface area (Å²) in [5.41, 5.74) is 3.36. The summed E-state index contributed by atoms with van der Waals surface area (Å²) in [6.07, 6.45) is 9.59. The van der Waals surface area contributed by atoms with Gasteiger partial charge in [0.05, 0.1) is 22.3 Å². The van der Waals surface area contributed by atoms with E-state index in [1.165, 1.54) is 11.8 Å². The van der Waals surface area contributed by atoms with Crippen LogP contribution in [0.25, 0.3) is 10.9 Å². The average Bonchev–Trinajstić information content (AvgIpc) is 3.09. The van der Waals surface area contributed by atoms with Crippen LogP contribution in [0, 0.1) is 19.3 Å². The summed E-state index contributed by atoms with van der Waals surface area (Å²) in [5.74, 6) is 2.57. The van der Waals surface area contributed by atoms with Crippen molar-refractivity contribution in [3.63, 3.8) is 0 Å². The van der Waals surface area contributed by atoms with Crippen molar-refractivity contribution in [3.8, 4) is 12.3 Å². The number of aromatic nitrogens is 2. The maximum Gasteiger partial charge on any atom is 0.233 e. The van der Waals surface area contributed by atoms with Crippen LogP contribution in [0.2, 0.25) is 5.02 Å². The van der Waals surface area contributed by atoms with Gasteiger partial charge in [0, 0.05) is 28.2 Å². The van der Waals surface area contributed by atoms with Gasteiger partial charge in [-0.1, -0.05) is 17.5 Å². The number of carbonyl (C=O) groups is 1. The lowest BCUT2D eigenvalue weighted by Crippen LogP contribution is -2.33. The fourth-order valence-electron chi connectivity index (χ4n) is 2.72. The molecule has 1 amide bonds. The summed E-state index contributed by atoms with van der Waals surface area (Å²) in [7, 11) is 0. The van der Waals surface area contributed by atoms with Crippen LogP contribution in [0.1, 0.15) is 21.8 Å². The Kier molecular flexibility index (Phi) is 6.38. The Hall–Kier alpha value is -2.07. The largest absolute Gasteiger partial charge is 0.349 e. The lowest BCUT2D eigenvalue weighted by Gasteiger charge is -2.15. The van der Waals surface area contributed by atoms with Crippen LogP contribution in [-0.2, 0) is 17.8 Å². The van der Waals surface area contributed by atoms with E-state index in [1.807, 2.05) is 36.8 Å². The van der Waals surface area contributed by atoms with E-state index in [2.05, 4.69) is 21.2 Å². The Labute approximate surface area is 171 Å². The topological polar surface area (TPSA) is 54.9 Å². The number of fused-ring (bicyclic) bond motifs is 1. The van der Waals surface area contributed by atoms with Gasteiger partial charge in [0.2, 0.25) is 5.91 Å². The molecule has 138 valence electrons. The molecule has 1 unspecified atom stereocenters. The van der Waals surface area contributed by atoms with Crippen LogP contribution < -0.4 is 5.32 Å². The van der Waals surface area contributed by atoms with Gasteiger partial charge in [-0.05, 0) is 43.4 Å². The fraction of sp³-hybridized carbons (Fsp3) is 0.250. The minimum absolute atomic E-state index is 0.0120. The molecule has 3 aromatic rings. The van der Waals surface area contributed by atoms with Crippen molar-refractivity contribution in [2.45, 2.75) is 25.1 Å². The molecule has 0 saturated heterocycles. The fourth-order valence-corrected chi connectivity index (χ4v) is 4.38. The van der Waals surface area contributed by atoms with Crippen LogP contribution in [0.4, 0.5) is 0 Å². The minimum Gasteiger partial charge on any atom is -0.349 e. The highest BCUT2D eigenvalue weighted by atomic mass is 35.5. The molecule has 0 aliphatic carbocycles. The summed E-state index contributed by atoms with van der Waals surface area (Å²) in [6, 6.07) is 5.75. The van der Waals surface area contributed by atoms with Crippen LogP contribution >= 0.6 is 34.7 Å². The van der Waals surface area contributed by atoms with Crippen LogP contribution in [0.15, 0.2) is 29.8 Å². The molecular formula is C20H18ClN3OS2. The molecule has 0 bridgehead atoms. The first-order valence-corrected chi connectivity index (χ1v) is 10.8. The van der Waals surface area contributed by atoms with Gasteiger partial charge in [-0.3, -0.25) is 9.78 Å². The predicted molar refractivity (Wildman–Crippen MR) is 114 cm³/mol. The van der Waals surface area contributed by atoms with Crippen LogP contribution in [-0.4, -0.2) is 27.4 Å². The van der Waals surface area contributed by atoms with Gasteiger partial charge < -0.3 is 5.32 Å². The summed E-state index contributed by atoms with van der Waals surface area (Å²) >= 11 is 9.44. The predicted octanol–water partition coefficient (Wildman–Crippen LogP) is 4.22. The number of nitrogens with one attached hydrogen (secondary N) is 1. The van der Waals surface area contributed by atoms with E-state index in [4.69, 9.17) is 18.0 Å². The second-order valence-electron chi connectivity index (χ2n) is 6.05. The molecule has 1 aromatic carbocycles. The Morgan fingerprint density at radius 2 is 2.26 bits per heavy atom. The lowest BCUT2D eigenvalue weighted by molar-refractivity contribution is -0.120. The van der Waals surface area contributed by atoms with Crippen molar-refractivity contribution >= 4 is 51.5 Å². The number of amides is 1. The van der Waals surface area contributed by atoms with Crippen LogP contribution in [0.3, 0.4) is 0 Å². The lowest BCUT2D eigenvalue weighted by atomic mass is 10.0. The van der Waals surface area contributed by atoms with Crippen molar-refractivity contribution in [3.05, 3.63) is 56.6 Å². The highest BCUT2D eigenvalue weighted by Gasteiger charge is 2.19. The standard InChI is InChI=1S/C20H18ClN3OS2/c1-4-13-5-15-6-14(7-16(21)19(15)22-9-13)8-17(26-3)20(25)23-10-18-24-12(2)11-27-18/h1,5-7,9,11,17H,8,10H2,2-3H3,(H,23,25). The maximum atomic E-state index is 12.6. The SMILES string of the molecule is C#Cc1cnc2c(Cl)cc(CC(SC)C(=O)NCc3nc(C)cs3)cc2c1. The summed E-state index contributed by atoms with van der Waals surface area (Å²) in [6.45, 7) is 2.39. The van der Waals surface area contributed by atoms with E-state index in [-0.39, 0.29) is 11.2 Å². The molecule has 0 aliphatic heterocycles. The number of benzene rings is 1. The molecule has 0 spiro atoms. The van der Waals surface area contributed by atoms with E-state index in [0.29, 0.717) is 29.1 Å². The van der Waals surface area contributed by atoms with Gasteiger partial charge in [-0.15, -0.1) is 17.8 Å². The quantitative estimate of drug-likeness (QED) is 0.612. The number of hydrogen-bond acceptors (Lipinski definition) is 5. The normalized spacial score (nSPS) is 11.9. The number of pyridine rings is 1. The molecule has 1 atom stereocenters. The first kappa shape index (κ1) is 19.7. The van der Waals surface area contributed by atoms with Gasteiger partial charge >= 0.3 is 0 Å². The van der Waals surface area contributed by atoms with Gasteiger partial charge in [0.1, 0.15) is 5.01 Å². The highest BCUT2D eigenvalue weighted by molar-refractivity contribution is 7.99. The van der Waals surface area contributed by atoms with E-state index in [9.17, 15) is 4.79 Å². The number of nitrogens with zero attached hydrogens (tertiary/aromatic N) is 2. The molecule has 27 heavy (non-hydrogen) atoms. The van der Waals surface area contributed by atoms with Crippen molar-refractivity contribution in [1.29, 1.82) is 0 Å². The van der Waals surface area contributed by atoms with Crippen molar-refractivity contribution < 1.29 is 4.79 Å². The highest BCUT2D eigenvalue weighted by Crippen LogP contribution is 2.26. The number of hydrogen-bond donors (Lipinski definition) is 1. The monoisotopic (exact) mass is 415 g/mol. The second-order valence-corrected chi connectivity index (χ2v) is 8.44. The molecule has 0 aliphatic rings. The van der Waals surface area contributed by atoms with Crippen molar-refractivity contribution in [2.24, 2.45) is 0 Å². The molecule has 3 rings (SSSR count). The van der Waals surface area contributed by atoms with E-state index < -0.39 is 0 Å². The first-order valence-electron chi connectivity index (χ1n) is 8.26. The number of rotatable bonds is 6. The third kappa shape index (κ3) is 4.81. The smallest absolute Gasteiger partial charge is 0.233 e. The number of thiazole rings is 1. The summed E-state index contributed by atoms with van der Waals surface area (Å²) in [4.78, 5) is 21.3. The molecule has 0 saturated carbocycles. The van der Waals surface area contributed by atoms with E-state index in [0.717, 1.165) is 21.7 Å². The number of terminal acetylenes is 1. The molecule has 0 radical (unpaired) electrons. The Morgan fingerprint density at radius 3 is 2.93 bits per heavy atom. The molecule has 2 heterocycles. The van der Waals surface area contributed by atoms with E-state index in [1.54, 1.807) is 17.5 Å². The molecular weight excluding hydrogens is 398 g/mol. The van der Waals surface area contributed by atoms with Crippen molar-refractivity contribution in [1.82, 2.24) is 15.3 Å². The Bertz CT molecular complexity index is 1030. The Morgan fingerprint density at radius 1 is 1.44 bits per heavy atom. The van der Waals surface area contributed by atoms with Gasteiger partial charge in [-0.2, -0.15) is 11.8 Å². The average molecular weight is 416 g/mol. The van der Waals surface area contributed by atoms with Crippen molar-refractivity contribution in [2.75, 3.05) is 6.26 Å².